The van der Waals surface area contributed by atoms with Crippen molar-refractivity contribution in [2.24, 2.45) is 0 Å². The Morgan fingerprint density at radius 1 is 1.26 bits per heavy atom. The van der Waals surface area contributed by atoms with Crippen LogP contribution in [0.4, 0.5) is 4.79 Å². The van der Waals surface area contributed by atoms with Crippen LogP contribution in [0, 0.1) is 0 Å². The van der Waals surface area contributed by atoms with Gasteiger partial charge in [-0.1, -0.05) is 23.7 Å². The zero-order valence-corrected chi connectivity index (χ0v) is 15.8. The van der Waals surface area contributed by atoms with E-state index in [1.807, 2.05) is 0 Å². The summed E-state index contributed by atoms with van der Waals surface area (Å²) in [7, 11) is 0. The van der Waals surface area contributed by atoms with Crippen LogP contribution in [0.2, 0.25) is 5.02 Å². The summed E-state index contributed by atoms with van der Waals surface area (Å²) >= 11 is 6.65. The minimum absolute atomic E-state index is 0.0652. The van der Waals surface area contributed by atoms with Crippen LogP contribution in [0.1, 0.15) is 24.8 Å². The third-order valence-corrected chi connectivity index (χ3v) is 5.61. The number of carboxylic acids is 1. The topological polar surface area (TPSA) is 95.0 Å². The number of hydrogen-bond acceptors (Lipinski definition) is 5. The van der Waals surface area contributed by atoms with Gasteiger partial charge in [-0.15, -0.1) is 0 Å². The number of nitrogens with zero attached hydrogens (tertiary/aromatic N) is 2. The van der Waals surface area contributed by atoms with Gasteiger partial charge in [-0.05, 0) is 48.4 Å². The number of carbonyl (C=O) groups excluding carboxylic acids is 3. The molecule has 1 atom stereocenters. The highest BCUT2D eigenvalue weighted by atomic mass is 35.5. The van der Waals surface area contributed by atoms with Crippen molar-refractivity contribution in [3.8, 4) is 0 Å². The molecular formula is C18H17ClN2O5S. The van der Waals surface area contributed by atoms with Gasteiger partial charge in [0.15, 0.2) is 0 Å². The molecule has 0 spiro atoms. The highest BCUT2D eigenvalue weighted by Crippen LogP contribution is 2.32. The van der Waals surface area contributed by atoms with E-state index in [-0.39, 0.29) is 23.8 Å². The van der Waals surface area contributed by atoms with Gasteiger partial charge in [0.2, 0.25) is 5.91 Å². The summed E-state index contributed by atoms with van der Waals surface area (Å²) in [6, 6.07) is 6.02. The minimum atomic E-state index is -1.03. The Labute approximate surface area is 164 Å². The van der Waals surface area contributed by atoms with E-state index < -0.39 is 23.2 Å². The summed E-state index contributed by atoms with van der Waals surface area (Å²) in [5, 5.41) is 9.29. The number of carbonyl (C=O) groups is 4. The zero-order chi connectivity index (χ0) is 19.6. The van der Waals surface area contributed by atoms with Gasteiger partial charge in [0, 0.05) is 24.5 Å². The molecule has 27 heavy (non-hydrogen) atoms. The molecule has 2 saturated heterocycles. The summed E-state index contributed by atoms with van der Waals surface area (Å²) in [5.74, 6) is -1.84. The molecule has 7 nitrogen and oxygen atoms in total. The monoisotopic (exact) mass is 408 g/mol. The van der Waals surface area contributed by atoms with E-state index in [1.54, 1.807) is 30.3 Å². The standard InChI is InChI=1S/C18H17ClN2O5S/c19-12-5-3-11(4-6-12)10-14-16(23)21(18(26)27-14)9-7-15(22)20-8-1-2-13(20)17(24)25/h3-6,10,13H,1-2,7-9H2,(H,24,25). The Morgan fingerprint density at radius 2 is 1.96 bits per heavy atom. The lowest BCUT2D eigenvalue weighted by molar-refractivity contribution is -0.148. The number of benzene rings is 1. The lowest BCUT2D eigenvalue weighted by Crippen LogP contribution is -2.42. The fraction of sp³-hybridized carbons (Fsp3) is 0.333. The van der Waals surface area contributed by atoms with E-state index in [2.05, 4.69) is 0 Å². The van der Waals surface area contributed by atoms with Crippen LogP contribution in [-0.4, -0.2) is 57.1 Å². The molecule has 1 aromatic rings. The molecule has 2 aliphatic rings. The number of likely N-dealkylation sites (tertiary alicyclic amines) is 1. The zero-order valence-electron chi connectivity index (χ0n) is 14.3. The lowest BCUT2D eigenvalue weighted by atomic mass is 10.2. The highest BCUT2D eigenvalue weighted by Gasteiger charge is 2.37. The van der Waals surface area contributed by atoms with E-state index in [9.17, 15) is 19.2 Å². The molecular weight excluding hydrogens is 392 g/mol. The van der Waals surface area contributed by atoms with Crippen LogP contribution in [0.15, 0.2) is 29.2 Å². The molecule has 0 aromatic heterocycles. The number of thioether (sulfide) groups is 1. The first-order chi connectivity index (χ1) is 12.9. The number of halogens is 1. The molecule has 2 fully saturated rings. The molecule has 142 valence electrons. The summed E-state index contributed by atoms with van der Waals surface area (Å²) in [6.45, 7) is 0.318. The SMILES string of the molecule is O=C(O)C1CCCN1C(=O)CCN1C(=O)SC(=Cc2ccc(Cl)cc2)C1=O. The third kappa shape index (κ3) is 4.33. The number of amides is 3. The summed E-state index contributed by atoms with van der Waals surface area (Å²) < 4.78 is 0. The molecule has 1 N–H and O–H groups in total. The fourth-order valence-electron chi connectivity index (χ4n) is 3.08. The van der Waals surface area contributed by atoms with Crippen LogP contribution < -0.4 is 0 Å². The van der Waals surface area contributed by atoms with Gasteiger partial charge in [-0.3, -0.25) is 19.3 Å². The number of imide groups is 1. The largest absolute Gasteiger partial charge is 0.480 e. The second kappa shape index (κ2) is 8.14. The molecule has 0 bridgehead atoms. The minimum Gasteiger partial charge on any atom is -0.480 e. The average molecular weight is 409 g/mol. The molecule has 2 aliphatic heterocycles. The first-order valence-corrected chi connectivity index (χ1v) is 9.59. The Kier molecular flexibility index (Phi) is 5.86. The Bertz CT molecular complexity index is 824. The second-order valence-electron chi connectivity index (χ2n) is 6.22. The van der Waals surface area contributed by atoms with Gasteiger partial charge < -0.3 is 10.0 Å². The molecule has 3 rings (SSSR count). The molecule has 0 aliphatic carbocycles. The van der Waals surface area contributed by atoms with Crippen LogP contribution in [-0.2, 0) is 14.4 Å². The Hall–Kier alpha value is -2.32. The van der Waals surface area contributed by atoms with Crippen molar-refractivity contribution in [3.63, 3.8) is 0 Å². The molecule has 0 saturated carbocycles. The van der Waals surface area contributed by atoms with E-state index in [0.29, 0.717) is 24.4 Å². The summed E-state index contributed by atoms with van der Waals surface area (Å²) in [4.78, 5) is 50.7. The van der Waals surface area contributed by atoms with Crippen molar-refractivity contribution in [2.45, 2.75) is 25.3 Å². The maximum Gasteiger partial charge on any atom is 0.326 e. The number of rotatable bonds is 5. The van der Waals surface area contributed by atoms with Gasteiger partial charge in [0.05, 0.1) is 4.91 Å². The van der Waals surface area contributed by atoms with Crippen molar-refractivity contribution < 1.29 is 24.3 Å². The van der Waals surface area contributed by atoms with E-state index in [0.717, 1.165) is 22.2 Å². The highest BCUT2D eigenvalue weighted by molar-refractivity contribution is 8.18. The summed E-state index contributed by atoms with van der Waals surface area (Å²) in [5.41, 5.74) is 0.738. The van der Waals surface area contributed by atoms with Crippen molar-refractivity contribution in [3.05, 3.63) is 39.8 Å². The number of hydrogen-bond donors (Lipinski definition) is 1. The third-order valence-electron chi connectivity index (χ3n) is 4.45. The van der Waals surface area contributed by atoms with Gasteiger partial charge >= 0.3 is 5.97 Å². The molecule has 1 aromatic carbocycles. The molecule has 9 heteroatoms. The van der Waals surface area contributed by atoms with Gasteiger partial charge in [-0.2, -0.15) is 0 Å². The summed E-state index contributed by atoms with van der Waals surface area (Å²) in [6.07, 6.45) is 2.57. The van der Waals surface area contributed by atoms with Crippen LogP contribution in [0.25, 0.3) is 6.08 Å². The van der Waals surface area contributed by atoms with Crippen molar-refractivity contribution >= 4 is 52.5 Å². The maximum absolute atomic E-state index is 12.5. The predicted molar refractivity (Wildman–Crippen MR) is 101 cm³/mol. The van der Waals surface area contributed by atoms with Crippen molar-refractivity contribution in [1.82, 2.24) is 9.80 Å². The quantitative estimate of drug-likeness (QED) is 0.753. The van der Waals surface area contributed by atoms with Gasteiger partial charge in [0.1, 0.15) is 6.04 Å². The Balaban J connectivity index is 1.63. The molecule has 0 radical (unpaired) electrons. The maximum atomic E-state index is 12.5. The van der Waals surface area contributed by atoms with E-state index in [4.69, 9.17) is 16.7 Å². The number of aliphatic carboxylic acids is 1. The lowest BCUT2D eigenvalue weighted by Gasteiger charge is -2.22. The fourth-order valence-corrected chi connectivity index (χ4v) is 4.07. The van der Waals surface area contributed by atoms with E-state index >= 15 is 0 Å². The van der Waals surface area contributed by atoms with Crippen molar-refractivity contribution in [2.75, 3.05) is 13.1 Å². The Morgan fingerprint density at radius 3 is 2.63 bits per heavy atom. The molecule has 1 unspecified atom stereocenters. The van der Waals surface area contributed by atoms with Gasteiger partial charge in [-0.25, -0.2) is 4.79 Å². The van der Waals surface area contributed by atoms with Crippen LogP contribution in [0.3, 0.4) is 0 Å². The van der Waals surface area contributed by atoms with E-state index in [1.165, 1.54) is 4.90 Å². The molecule has 2 heterocycles. The average Bonchev–Trinajstić information content (AvgIpc) is 3.21. The second-order valence-corrected chi connectivity index (χ2v) is 7.65. The predicted octanol–water partition coefficient (Wildman–Crippen LogP) is 2.84. The first-order valence-electron chi connectivity index (χ1n) is 8.40. The van der Waals surface area contributed by atoms with Crippen LogP contribution >= 0.6 is 23.4 Å². The van der Waals surface area contributed by atoms with Gasteiger partial charge in [0.25, 0.3) is 11.1 Å². The normalized spacial score (nSPS) is 21.4. The number of carboxylic acid groups (broad SMARTS) is 1. The van der Waals surface area contributed by atoms with Crippen LogP contribution in [0.5, 0.6) is 0 Å². The first kappa shape index (κ1) is 19.4. The molecule has 3 amide bonds. The smallest absolute Gasteiger partial charge is 0.326 e. The van der Waals surface area contributed by atoms with Crippen molar-refractivity contribution in [1.29, 1.82) is 0 Å².